The Morgan fingerprint density at radius 3 is 2.48 bits per heavy atom. The van der Waals surface area contributed by atoms with E-state index in [1.165, 1.54) is 11.1 Å². The monoisotopic (exact) mass is 362 g/mol. The average Bonchev–Trinajstić information content (AvgIpc) is 2.55. The molecule has 0 aliphatic carbocycles. The van der Waals surface area contributed by atoms with Gasteiger partial charge in [0.05, 0.1) is 0 Å². The van der Waals surface area contributed by atoms with Gasteiger partial charge < -0.3 is 10.1 Å². The fourth-order valence-electron chi connectivity index (χ4n) is 3.14. The molecule has 1 N–H and O–H groups in total. The van der Waals surface area contributed by atoms with Crippen LogP contribution in [-0.4, -0.2) is 47.7 Å². The number of aromatic nitrogens is 2. The van der Waals surface area contributed by atoms with Gasteiger partial charge in [-0.3, -0.25) is 4.90 Å². The Kier molecular flexibility index (Phi) is 7.17. The van der Waals surface area contributed by atoms with Gasteiger partial charge in [-0.2, -0.15) is 0 Å². The van der Waals surface area contributed by atoms with E-state index in [4.69, 9.17) is 4.74 Å². The molecule has 6 heteroatoms. The van der Waals surface area contributed by atoms with Crippen molar-refractivity contribution in [3.63, 3.8) is 0 Å². The topological polar surface area (TPSA) is 50.3 Å². The molecule has 3 rings (SSSR count). The Balaban J connectivity index is 0.00000225. The highest BCUT2D eigenvalue weighted by molar-refractivity contribution is 5.85. The predicted octanol–water partition coefficient (Wildman–Crippen LogP) is 2.85. The van der Waals surface area contributed by atoms with E-state index >= 15 is 0 Å². The molecule has 1 unspecified atom stereocenters. The molecule has 1 aromatic carbocycles. The number of nitrogens with zero attached hydrogens (tertiary/aromatic N) is 3. The van der Waals surface area contributed by atoms with Crippen LogP contribution in [0.25, 0.3) is 0 Å². The molecule has 2 heterocycles. The quantitative estimate of drug-likeness (QED) is 0.886. The van der Waals surface area contributed by atoms with Crippen molar-refractivity contribution in [3.05, 3.63) is 52.8 Å². The van der Waals surface area contributed by atoms with Crippen LogP contribution in [0.15, 0.2) is 30.3 Å². The zero-order valence-electron chi connectivity index (χ0n) is 15.2. The van der Waals surface area contributed by atoms with Gasteiger partial charge in [0.25, 0.3) is 0 Å². The van der Waals surface area contributed by atoms with Crippen molar-refractivity contribution in [2.24, 2.45) is 0 Å². The first kappa shape index (κ1) is 19.6. The molecule has 0 amide bonds. The molecule has 136 valence electrons. The van der Waals surface area contributed by atoms with E-state index in [9.17, 15) is 0 Å². The van der Waals surface area contributed by atoms with Crippen LogP contribution in [0.3, 0.4) is 0 Å². The van der Waals surface area contributed by atoms with E-state index in [-0.39, 0.29) is 12.4 Å². The maximum atomic E-state index is 5.79. The number of rotatable bonds is 5. The van der Waals surface area contributed by atoms with Gasteiger partial charge in [0.2, 0.25) is 0 Å². The minimum Gasteiger partial charge on any atom is -0.462 e. The fraction of sp³-hybridized carbons (Fsp3) is 0.474. The molecular formula is C19H27ClN4O. The molecule has 0 spiro atoms. The summed E-state index contributed by atoms with van der Waals surface area (Å²) in [5.41, 5.74) is 4.54. The Labute approximate surface area is 156 Å². The average molecular weight is 363 g/mol. The number of piperazine rings is 1. The molecule has 1 aliphatic heterocycles. The van der Waals surface area contributed by atoms with Crippen LogP contribution in [0.1, 0.15) is 28.6 Å². The number of nitrogens with one attached hydrogen (secondary N) is 1. The van der Waals surface area contributed by atoms with Crippen LogP contribution in [0.5, 0.6) is 6.01 Å². The van der Waals surface area contributed by atoms with Gasteiger partial charge in [-0.1, -0.05) is 29.8 Å². The second-order valence-corrected chi connectivity index (χ2v) is 6.45. The number of hydrogen-bond donors (Lipinski definition) is 1. The van der Waals surface area contributed by atoms with E-state index in [1.54, 1.807) is 0 Å². The molecule has 2 aromatic rings. The summed E-state index contributed by atoms with van der Waals surface area (Å²) in [5.74, 6) is 0. The molecule has 1 saturated heterocycles. The van der Waals surface area contributed by atoms with Crippen LogP contribution in [0, 0.1) is 20.8 Å². The van der Waals surface area contributed by atoms with Crippen LogP contribution in [0.2, 0.25) is 0 Å². The summed E-state index contributed by atoms with van der Waals surface area (Å²) in [5, 5.41) is 3.49. The summed E-state index contributed by atoms with van der Waals surface area (Å²) in [7, 11) is 0. The lowest BCUT2D eigenvalue weighted by Crippen LogP contribution is -2.47. The van der Waals surface area contributed by atoms with E-state index in [1.807, 2.05) is 19.9 Å². The first-order valence-electron chi connectivity index (χ1n) is 8.58. The van der Waals surface area contributed by atoms with E-state index in [2.05, 4.69) is 51.4 Å². The lowest BCUT2D eigenvalue weighted by Gasteiger charge is -2.36. The summed E-state index contributed by atoms with van der Waals surface area (Å²) < 4.78 is 5.79. The minimum atomic E-state index is 0. The molecule has 0 radical (unpaired) electrons. The number of aryl methyl sites for hydroxylation is 3. The lowest BCUT2D eigenvalue weighted by atomic mass is 10.0. The van der Waals surface area contributed by atoms with Gasteiger partial charge in [-0.05, 0) is 32.4 Å². The number of halogens is 1. The van der Waals surface area contributed by atoms with Crippen LogP contribution in [-0.2, 0) is 0 Å². The van der Waals surface area contributed by atoms with Gasteiger partial charge in [-0.25, -0.2) is 9.97 Å². The fourth-order valence-corrected chi connectivity index (χ4v) is 3.14. The Bertz CT molecular complexity index is 657. The molecular weight excluding hydrogens is 336 g/mol. The third kappa shape index (κ3) is 5.39. The third-order valence-corrected chi connectivity index (χ3v) is 4.39. The highest BCUT2D eigenvalue weighted by Crippen LogP contribution is 2.22. The predicted molar refractivity (Wildman–Crippen MR) is 103 cm³/mol. The summed E-state index contributed by atoms with van der Waals surface area (Å²) in [4.78, 5) is 11.2. The van der Waals surface area contributed by atoms with Gasteiger partial charge in [0, 0.05) is 43.6 Å². The van der Waals surface area contributed by atoms with Crippen LogP contribution < -0.4 is 10.1 Å². The molecule has 1 aromatic heterocycles. The van der Waals surface area contributed by atoms with Crippen molar-refractivity contribution >= 4 is 12.4 Å². The van der Waals surface area contributed by atoms with Gasteiger partial charge in [-0.15, -0.1) is 12.4 Å². The maximum absolute atomic E-state index is 5.79. The number of ether oxygens (including phenoxy) is 1. The van der Waals surface area contributed by atoms with Gasteiger partial charge in [0.15, 0.2) is 0 Å². The molecule has 25 heavy (non-hydrogen) atoms. The summed E-state index contributed by atoms with van der Waals surface area (Å²) in [6.07, 6.45) is 0. The van der Waals surface area contributed by atoms with Crippen molar-refractivity contribution in [3.8, 4) is 6.01 Å². The Hall–Kier alpha value is -1.69. The highest BCUT2D eigenvalue weighted by Gasteiger charge is 2.23. The molecule has 0 saturated carbocycles. The SMILES string of the molecule is Cc1ccc(C2CNCCN2CCOc2nc(C)cc(C)n2)cc1.Cl. The molecule has 5 nitrogen and oxygen atoms in total. The molecule has 1 aliphatic rings. The van der Waals surface area contributed by atoms with Crippen molar-refractivity contribution in [1.82, 2.24) is 20.2 Å². The van der Waals surface area contributed by atoms with Crippen molar-refractivity contribution in [2.45, 2.75) is 26.8 Å². The zero-order valence-corrected chi connectivity index (χ0v) is 16.0. The molecule has 1 fully saturated rings. The first-order chi connectivity index (χ1) is 11.6. The van der Waals surface area contributed by atoms with Crippen molar-refractivity contribution in [2.75, 3.05) is 32.8 Å². The van der Waals surface area contributed by atoms with Crippen molar-refractivity contribution < 1.29 is 4.74 Å². The largest absolute Gasteiger partial charge is 0.462 e. The lowest BCUT2D eigenvalue weighted by molar-refractivity contribution is 0.130. The van der Waals surface area contributed by atoms with E-state index in [0.717, 1.165) is 37.6 Å². The molecule has 0 bridgehead atoms. The zero-order chi connectivity index (χ0) is 16.9. The normalized spacial score (nSPS) is 17.8. The minimum absolute atomic E-state index is 0. The summed E-state index contributed by atoms with van der Waals surface area (Å²) in [6.45, 7) is 10.5. The standard InChI is InChI=1S/C19H26N4O.ClH/c1-14-4-6-17(7-5-14)18-13-20-8-9-23(18)10-11-24-19-21-15(2)12-16(3)22-19;/h4-7,12,18,20H,8-11,13H2,1-3H3;1H. The van der Waals surface area contributed by atoms with E-state index in [0.29, 0.717) is 18.7 Å². The second kappa shape index (κ2) is 9.13. The second-order valence-electron chi connectivity index (χ2n) is 6.45. The van der Waals surface area contributed by atoms with E-state index < -0.39 is 0 Å². The summed E-state index contributed by atoms with van der Waals surface area (Å²) >= 11 is 0. The Morgan fingerprint density at radius 1 is 1.12 bits per heavy atom. The maximum Gasteiger partial charge on any atom is 0.316 e. The third-order valence-electron chi connectivity index (χ3n) is 4.39. The van der Waals surface area contributed by atoms with Gasteiger partial charge in [0.1, 0.15) is 6.61 Å². The highest BCUT2D eigenvalue weighted by atomic mass is 35.5. The van der Waals surface area contributed by atoms with Crippen LogP contribution in [0.4, 0.5) is 0 Å². The smallest absolute Gasteiger partial charge is 0.316 e. The first-order valence-corrected chi connectivity index (χ1v) is 8.58. The molecule has 1 atom stereocenters. The van der Waals surface area contributed by atoms with Crippen molar-refractivity contribution in [1.29, 1.82) is 0 Å². The number of hydrogen-bond acceptors (Lipinski definition) is 5. The van der Waals surface area contributed by atoms with Gasteiger partial charge >= 0.3 is 6.01 Å². The summed E-state index contributed by atoms with van der Waals surface area (Å²) in [6, 6.07) is 11.7. The Morgan fingerprint density at radius 2 is 1.80 bits per heavy atom. The van der Waals surface area contributed by atoms with Crippen LogP contribution >= 0.6 is 12.4 Å². The number of benzene rings is 1.